The van der Waals surface area contributed by atoms with Gasteiger partial charge < -0.3 is 20.1 Å². The molecule has 2 aromatic carbocycles. The molecule has 0 atom stereocenters. The smallest absolute Gasteiger partial charge is 0.416 e. The quantitative estimate of drug-likeness (QED) is 0.422. The number of rotatable bonds is 11. The van der Waals surface area contributed by atoms with Crippen LogP contribution in [0.5, 0.6) is 0 Å². The van der Waals surface area contributed by atoms with Crippen molar-refractivity contribution in [3.05, 3.63) is 59.7 Å². The molecule has 11 heteroatoms. The molecule has 0 bridgehead atoms. The van der Waals surface area contributed by atoms with Gasteiger partial charge in [-0.25, -0.2) is 4.79 Å². The van der Waals surface area contributed by atoms with E-state index in [4.69, 9.17) is 9.47 Å². The molecule has 0 spiro atoms. The van der Waals surface area contributed by atoms with Gasteiger partial charge in [-0.05, 0) is 54.8 Å². The zero-order chi connectivity index (χ0) is 26.7. The minimum absolute atomic E-state index is 0.00504. The highest BCUT2D eigenvalue weighted by Crippen LogP contribution is 2.30. The van der Waals surface area contributed by atoms with Crippen molar-refractivity contribution < 1.29 is 41.8 Å². The summed E-state index contributed by atoms with van der Waals surface area (Å²) in [5.74, 6) is -2.13. The fourth-order valence-corrected chi connectivity index (χ4v) is 2.82. The van der Waals surface area contributed by atoms with Crippen LogP contribution in [0.25, 0.3) is 0 Å². The Morgan fingerprint density at radius 1 is 0.861 bits per heavy atom. The van der Waals surface area contributed by atoms with E-state index >= 15 is 0 Å². The summed E-state index contributed by atoms with van der Waals surface area (Å²) in [6.45, 7) is 3.58. The maximum Gasteiger partial charge on any atom is 0.416 e. The molecule has 0 saturated heterocycles. The van der Waals surface area contributed by atoms with Crippen LogP contribution in [0.4, 0.5) is 24.5 Å². The minimum atomic E-state index is -4.53. The molecular formula is C25H27F3N2O6. The number of esters is 2. The van der Waals surface area contributed by atoms with Crippen molar-refractivity contribution in [3.63, 3.8) is 0 Å². The first kappa shape index (κ1) is 28.3. The third kappa shape index (κ3) is 10.2. The van der Waals surface area contributed by atoms with Gasteiger partial charge in [-0.2, -0.15) is 13.2 Å². The van der Waals surface area contributed by atoms with Crippen LogP contribution in [0.3, 0.4) is 0 Å². The van der Waals surface area contributed by atoms with Crippen LogP contribution < -0.4 is 10.6 Å². The predicted molar refractivity (Wildman–Crippen MR) is 125 cm³/mol. The van der Waals surface area contributed by atoms with Crippen LogP contribution in [0.1, 0.15) is 49.0 Å². The Bertz CT molecular complexity index is 1070. The summed E-state index contributed by atoms with van der Waals surface area (Å²) in [6, 6.07) is 10.2. The molecule has 36 heavy (non-hydrogen) atoms. The molecule has 0 aliphatic rings. The van der Waals surface area contributed by atoms with Gasteiger partial charge in [0.25, 0.3) is 5.91 Å². The van der Waals surface area contributed by atoms with Crippen molar-refractivity contribution in [2.45, 2.75) is 39.3 Å². The average molecular weight is 508 g/mol. The van der Waals surface area contributed by atoms with Gasteiger partial charge in [0.1, 0.15) is 0 Å². The van der Waals surface area contributed by atoms with Crippen molar-refractivity contribution in [2.75, 3.05) is 23.8 Å². The molecule has 0 radical (unpaired) electrons. The molecule has 2 amide bonds. The first-order valence-corrected chi connectivity index (χ1v) is 11.1. The maximum atomic E-state index is 12.7. The Kier molecular flexibility index (Phi) is 10.4. The number of alkyl halides is 3. The first-order chi connectivity index (χ1) is 16.9. The fourth-order valence-electron chi connectivity index (χ4n) is 2.82. The van der Waals surface area contributed by atoms with Gasteiger partial charge in [0.15, 0.2) is 6.61 Å². The highest BCUT2D eigenvalue weighted by atomic mass is 19.4. The SMILES string of the molecule is CC(C)COC(=O)c1ccc(NC(=O)COC(=O)CCCC(=O)Nc2cccc(C(F)(F)F)c2)cc1. The number of ether oxygens (including phenoxy) is 2. The monoisotopic (exact) mass is 508 g/mol. The molecule has 2 N–H and O–H groups in total. The number of benzene rings is 2. The Morgan fingerprint density at radius 3 is 2.17 bits per heavy atom. The largest absolute Gasteiger partial charge is 0.462 e. The Morgan fingerprint density at radius 2 is 1.53 bits per heavy atom. The van der Waals surface area contributed by atoms with Crippen LogP contribution in [0, 0.1) is 5.92 Å². The van der Waals surface area contributed by atoms with Gasteiger partial charge in [0, 0.05) is 24.2 Å². The molecule has 2 rings (SSSR count). The van der Waals surface area contributed by atoms with Crippen LogP contribution in [-0.4, -0.2) is 37.0 Å². The maximum absolute atomic E-state index is 12.7. The third-order valence-corrected chi connectivity index (χ3v) is 4.57. The number of halogens is 3. The third-order valence-electron chi connectivity index (χ3n) is 4.57. The van der Waals surface area contributed by atoms with Gasteiger partial charge in [-0.3, -0.25) is 14.4 Å². The lowest BCUT2D eigenvalue weighted by atomic mass is 10.2. The number of anilines is 2. The number of hydrogen-bond donors (Lipinski definition) is 2. The van der Waals surface area contributed by atoms with E-state index in [-0.39, 0.29) is 30.9 Å². The summed E-state index contributed by atoms with van der Waals surface area (Å²) < 4.78 is 48.2. The van der Waals surface area contributed by atoms with E-state index in [1.165, 1.54) is 36.4 Å². The van der Waals surface area contributed by atoms with Crippen LogP contribution in [0.2, 0.25) is 0 Å². The number of nitrogens with one attached hydrogen (secondary N) is 2. The van der Waals surface area contributed by atoms with E-state index in [0.29, 0.717) is 17.9 Å². The minimum Gasteiger partial charge on any atom is -0.462 e. The van der Waals surface area contributed by atoms with Gasteiger partial charge in [-0.15, -0.1) is 0 Å². The van der Waals surface area contributed by atoms with Crippen molar-refractivity contribution in [1.82, 2.24) is 0 Å². The standard InChI is InChI=1S/C25H27F3N2O6/c1-16(2)14-36-24(34)17-9-11-19(12-10-17)29-22(32)15-35-23(33)8-4-7-21(31)30-20-6-3-5-18(13-20)25(26,27)28/h3,5-6,9-13,16H,4,7-8,14-15H2,1-2H3,(H,29,32)(H,30,31). The second-order valence-electron chi connectivity index (χ2n) is 8.26. The van der Waals surface area contributed by atoms with E-state index in [2.05, 4.69) is 10.6 Å². The predicted octanol–water partition coefficient (Wildman–Crippen LogP) is 4.81. The normalized spacial score (nSPS) is 11.1. The van der Waals surface area contributed by atoms with Crippen LogP contribution in [0.15, 0.2) is 48.5 Å². The molecule has 2 aromatic rings. The van der Waals surface area contributed by atoms with Crippen molar-refractivity contribution in [1.29, 1.82) is 0 Å². The molecule has 0 aliphatic carbocycles. The van der Waals surface area contributed by atoms with E-state index in [0.717, 1.165) is 12.1 Å². The van der Waals surface area contributed by atoms with Crippen LogP contribution in [-0.2, 0) is 30.0 Å². The Hall–Kier alpha value is -3.89. The lowest BCUT2D eigenvalue weighted by Crippen LogP contribution is -2.21. The van der Waals surface area contributed by atoms with Gasteiger partial charge in [-0.1, -0.05) is 19.9 Å². The number of carbonyl (C=O) groups excluding carboxylic acids is 4. The number of amides is 2. The fraction of sp³-hybridized carbons (Fsp3) is 0.360. The van der Waals surface area contributed by atoms with Crippen molar-refractivity contribution in [2.24, 2.45) is 5.92 Å². The zero-order valence-corrected chi connectivity index (χ0v) is 19.8. The second kappa shape index (κ2) is 13.3. The first-order valence-electron chi connectivity index (χ1n) is 11.1. The molecular weight excluding hydrogens is 481 g/mol. The average Bonchev–Trinajstić information content (AvgIpc) is 2.81. The molecule has 194 valence electrons. The lowest BCUT2D eigenvalue weighted by molar-refractivity contribution is -0.147. The molecule has 0 fully saturated rings. The van der Waals surface area contributed by atoms with Crippen molar-refractivity contribution >= 4 is 35.1 Å². The summed E-state index contributed by atoms with van der Waals surface area (Å²) in [4.78, 5) is 47.6. The molecule has 0 heterocycles. The molecule has 0 saturated carbocycles. The van der Waals surface area contributed by atoms with Gasteiger partial charge in [0.05, 0.1) is 17.7 Å². The molecule has 0 aromatic heterocycles. The molecule has 0 unspecified atom stereocenters. The Labute approximate surface area is 206 Å². The number of hydrogen-bond acceptors (Lipinski definition) is 6. The van der Waals surface area contributed by atoms with Crippen LogP contribution >= 0.6 is 0 Å². The van der Waals surface area contributed by atoms with E-state index in [1.807, 2.05) is 13.8 Å². The summed E-state index contributed by atoms with van der Waals surface area (Å²) >= 11 is 0. The highest BCUT2D eigenvalue weighted by molar-refractivity contribution is 5.94. The van der Waals surface area contributed by atoms with Gasteiger partial charge in [0.2, 0.25) is 5.91 Å². The number of carbonyl (C=O) groups is 4. The highest BCUT2D eigenvalue weighted by Gasteiger charge is 2.30. The topological polar surface area (TPSA) is 111 Å². The molecule has 8 nitrogen and oxygen atoms in total. The summed E-state index contributed by atoms with van der Waals surface area (Å²) in [7, 11) is 0. The summed E-state index contributed by atoms with van der Waals surface area (Å²) in [6.07, 6.45) is -4.72. The van der Waals surface area contributed by atoms with E-state index < -0.39 is 42.1 Å². The Balaban J connectivity index is 1.67. The van der Waals surface area contributed by atoms with E-state index in [1.54, 1.807) is 0 Å². The summed E-state index contributed by atoms with van der Waals surface area (Å²) in [5, 5.41) is 4.86. The summed E-state index contributed by atoms with van der Waals surface area (Å²) in [5.41, 5.74) is -0.170. The van der Waals surface area contributed by atoms with E-state index in [9.17, 15) is 32.3 Å². The van der Waals surface area contributed by atoms with Crippen molar-refractivity contribution in [3.8, 4) is 0 Å². The zero-order valence-electron chi connectivity index (χ0n) is 19.8. The second-order valence-corrected chi connectivity index (χ2v) is 8.26. The molecule has 0 aliphatic heterocycles. The van der Waals surface area contributed by atoms with Gasteiger partial charge >= 0.3 is 18.1 Å². The lowest BCUT2D eigenvalue weighted by Gasteiger charge is -2.10.